The molecule has 22 aromatic rings. The van der Waals surface area contributed by atoms with Crippen molar-refractivity contribution in [2.45, 2.75) is 38.9 Å². The van der Waals surface area contributed by atoms with Gasteiger partial charge in [-0.15, -0.1) is 34.0 Å². The second-order valence-electron chi connectivity index (χ2n) is 31.9. The maximum atomic E-state index is 6.95. The zero-order valence-electron chi connectivity index (χ0n) is 72.0. The van der Waals surface area contributed by atoms with Gasteiger partial charge in [0.1, 0.15) is 7.85 Å². The smallest absolute Gasteiger partial charge is 0.412 e. The van der Waals surface area contributed by atoms with Crippen molar-refractivity contribution in [2.24, 2.45) is 0 Å². The molecule has 132 heavy (non-hydrogen) atoms. The molecule has 1 aliphatic heterocycles. The molecule has 0 amide bonds. The van der Waals surface area contributed by atoms with E-state index in [1.807, 2.05) is 248 Å². The first-order valence-electron chi connectivity index (χ1n) is 42.4. The highest BCUT2D eigenvalue weighted by molar-refractivity contribution is 7.27. The van der Waals surface area contributed by atoms with Crippen LogP contribution >= 0.6 is 68.8 Å². The summed E-state index contributed by atoms with van der Waals surface area (Å²) in [4.78, 5) is 42.3. The first-order chi connectivity index (χ1) is 63.6. The number of nitrogens with zero attached hydrogens (tertiary/aromatic N) is 9. The fourth-order valence-corrected chi connectivity index (χ4v) is 20.0. The molecule has 23 rings (SSSR count). The standard InChI is InChI=1S/C39H25N3S.C27H16ClN3S.C18H18BClO2S.C15H10ClN3.C12H9B.2H2O/c1-4-12-26(13-5-1)27-20-22-28(23-21-27)35-33(25-24-32-31-18-10-11-19-34(31)43-36(32)35)39-41-37(29-14-6-2-7-15-29)40-38(42-39)30-16-8-3-9-17-30;28-23-21(16-15-20-19-13-7-8-14-22(19)32-24(20)23)27-30-25(17-9-3-1-4-10-17)29-26(31-27)18-11-5-2-6-12-18;1-17(2)18(3,4)22-19(21-17)13-10-9-12-11-7-5-6-8-14(11)23-16(12)15(13)20;16-15-18-13(11-7-3-1-4-8-11)17-14(19-15)12-9-5-2-6-10-12;13-12-8-6-11(7-9-12)10-4-2-1-3-5-10;;/h1-25H;1-16H;5-10H,1-4H3;1-10H;1-9H;2*1H2. The summed E-state index contributed by atoms with van der Waals surface area (Å²) >= 11 is 24.9. The fraction of sp³-hybridized carbons (Fsp3) is 0.0541. The molecule has 2 radical (unpaired) electrons. The van der Waals surface area contributed by atoms with Crippen LogP contribution in [0.3, 0.4) is 0 Å². The lowest BCUT2D eigenvalue weighted by atomic mass is 9.79. The first kappa shape index (κ1) is 90.0. The predicted molar refractivity (Wildman–Crippen MR) is 554 cm³/mol. The lowest BCUT2D eigenvalue weighted by molar-refractivity contribution is 0.00578. The van der Waals surface area contributed by atoms with Crippen LogP contribution in [0.4, 0.5) is 0 Å². The van der Waals surface area contributed by atoms with E-state index in [0.717, 1.165) is 86.4 Å². The van der Waals surface area contributed by atoms with E-state index < -0.39 is 7.12 Å². The van der Waals surface area contributed by atoms with Gasteiger partial charge in [-0.3, -0.25) is 0 Å². The third-order valence-corrected chi connectivity index (χ3v) is 27.7. The number of hydrogen-bond donors (Lipinski definition) is 0. The Labute approximate surface area is 793 Å². The van der Waals surface area contributed by atoms with Gasteiger partial charge in [0.2, 0.25) is 5.28 Å². The lowest BCUT2D eigenvalue weighted by Gasteiger charge is -2.32. The largest absolute Gasteiger partial charge is 0.496 e. The van der Waals surface area contributed by atoms with Crippen LogP contribution in [0.5, 0.6) is 0 Å². The molecule has 0 unspecified atom stereocenters. The molecule has 4 N–H and O–H groups in total. The molecule has 1 saturated heterocycles. The predicted octanol–water partition coefficient (Wildman–Crippen LogP) is 27.8. The highest BCUT2D eigenvalue weighted by atomic mass is 35.5. The van der Waals surface area contributed by atoms with Gasteiger partial charge in [-0.2, -0.15) is 9.97 Å². The molecular formula is C111H82B2Cl3N9O4S3. The minimum Gasteiger partial charge on any atom is -0.412 e. The summed E-state index contributed by atoms with van der Waals surface area (Å²) in [5, 5.41) is 8.92. The maximum Gasteiger partial charge on any atom is 0.496 e. The molecule has 6 aromatic heterocycles. The number of hydrogen-bond acceptors (Lipinski definition) is 14. The molecular weight excluding hydrogens is 1750 g/mol. The SMILES string of the molecule is CC1(C)OB(c2ccc3c(sc4ccccc43)c2Cl)OC1(C)C.Clc1c(-c2nc(-c3ccccc3)nc(-c3ccccc3)n2)ccc2c1sc1ccccc12.Clc1nc(-c2ccccc2)nc(-c2ccccc2)n1.O.O.[B]c1ccc(-c2ccccc2)cc1.c1ccc(-c2ccc(-c3c(-c4nc(-c5ccccc5)nc(-c5ccccc5)n4)ccc4c3sc3ccccc34)cc2)cc1. The normalized spacial score (nSPS) is 12.3. The minimum atomic E-state index is -0.429. The summed E-state index contributed by atoms with van der Waals surface area (Å²) in [6, 6.07) is 135. The molecule has 1 aliphatic rings. The van der Waals surface area contributed by atoms with Crippen molar-refractivity contribution in [3.8, 4) is 124 Å². The Bertz CT molecular complexity index is 7590. The van der Waals surface area contributed by atoms with Crippen LogP contribution in [-0.2, 0) is 9.31 Å². The van der Waals surface area contributed by atoms with Crippen LogP contribution in [0, 0.1) is 0 Å². The third kappa shape index (κ3) is 19.4. The molecule has 640 valence electrons. The number of benzene rings is 16. The summed E-state index contributed by atoms with van der Waals surface area (Å²) in [5.74, 6) is 4.97. The Balaban J connectivity index is 0.000000121. The highest BCUT2D eigenvalue weighted by Crippen LogP contribution is 2.48. The molecule has 0 aliphatic carbocycles. The highest BCUT2D eigenvalue weighted by Gasteiger charge is 2.52. The number of halogens is 3. The van der Waals surface area contributed by atoms with Crippen molar-refractivity contribution in [3.05, 3.63) is 416 Å². The monoisotopic (exact) mass is 1830 g/mol. The van der Waals surface area contributed by atoms with Crippen molar-refractivity contribution < 1.29 is 20.3 Å². The average Bonchev–Trinajstić information content (AvgIpc) is 1.56. The van der Waals surface area contributed by atoms with E-state index >= 15 is 0 Å². The van der Waals surface area contributed by atoms with Crippen LogP contribution in [0.2, 0.25) is 15.3 Å². The van der Waals surface area contributed by atoms with Gasteiger partial charge < -0.3 is 20.3 Å². The Hall–Kier alpha value is -14.0. The number of fused-ring (bicyclic) bond motifs is 9. The van der Waals surface area contributed by atoms with Crippen LogP contribution in [0.25, 0.3) is 185 Å². The van der Waals surface area contributed by atoms with E-state index in [1.165, 1.54) is 68.0 Å². The third-order valence-electron chi connectivity index (χ3n) is 22.9. The van der Waals surface area contributed by atoms with Crippen molar-refractivity contribution in [2.75, 3.05) is 0 Å². The Kier molecular flexibility index (Phi) is 27.4. The molecule has 0 saturated carbocycles. The Morgan fingerprint density at radius 2 is 0.500 bits per heavy atom. The van der Waals surface area contributed by atoms with E-state index in [9.17, 15) is 0 Å². The van der Waals surface area contributed by atoms with E-state index in [0.29, 0.717) is 51.6 Å². The van der Waals surface area contributed by atoms with Gasteiger partial charge in [0.05, 0.1) is 30.6 Å². The van der Waals surface area contributed by atoms with E-state index in [1.54, 1.807) is 22.7 Å². The number of aromatic nitrogens is 9. The molecule has 13 nitrogen and oxygen atoms in total. The summed E-state index contributed by atoms with van der Waals surface area (Å²) < 4.78 is 19.4. The van der Waals surface area contributed by atoms with Gasteiger partial charge >= 0.3 is 7.12 Å². The summed E-state index contributed by atoms with van der Waals surface area (Å²) in [6.07, 6.45) is 0. The van der Waals surface area contributed by atoms with Crippen LogP contribution in [-0.4, -0.2) is 82.0 Å². The molecule has 0 bridgehead atoms. The Morgan fingerprint density at radius 3 is 0.864 bits per heavy atom. The first-order valence-corrected chi connectivity index (χ1v) is 46.0. The van der Waals surface area contributed by atoms with Crippen molar-refractivity contribution >= 4 is 155 Å². The van der Waals surface area contributed by atoms with Crippen LogP contribution in [0.1, 0.15) is 27.7 Å². The topological polar surface area (TPSA) is 197 Å². The molecule has 0 spiro atoms. The molecule has 21 heteroatoms. The minimum absolute atomic E-state index is 0. The van der Waals surface area contributed by atoms with Gasteiger partial charge in [0.15, 0.2) is 46.6 Å². The van der Waals surface area contributed by atoms with Crippen LogP contribution < -0.4 is 10.9 Å². The molecule has 7 heterocycles. The van der Waals surface area contributed by atoms with Gasteiger partial charge in [-0.1, -0.05) is 399 Å². The van der Waals surface area contributed by atoms with E-state index in [4.69, 9.17) is 81.9 Å². The van der Waals surface area contributed by atoms with Crippen molar-refractivity contribution in [1.29, 1.82) is 0 Å². The summed E-state index contributed by atoms with van der Waals surface area (Å²) in [6.45, 7) is 8.22. The average molecular weight is 1830 g/mol. The van der Waals surface area contributed by atoms with E-state index in [2.05, 4.69) is 206 Å². The van der Waals surface area contributed by atoms with Gasteiger partial charge in [0.25, 0.3) is 0 Å². The number of rotatable bonds is 12. The van der Waals surface area contributed by atoms with E-state index in [-0.39, 0.29) is 27.4 Å². The lowest BCUT2D eigenvalue weighted by Crippen LogP contribution is -2.41. The molecule has 16 aromatic carbocycles. The van der Waals surface area contributed by atoms with Crippen molar-refractivity contribution in [3.63, 3.8) is 0 Å². The second kappa shape index (κ2) is 40.2. The second-order valence-corrected chi connectivity index (χ2v) is 36.1. The van der Waals surface area contributed by atoms with Crippen molar-refractivity contribution in [1.82, 2.24) is 44.9 Å². The molecule has 0 atom stereocenters. The van der Waals surface area contributed by atoms with Gasteiger partial charge in [-0.25, -0.2) is 34.9 Å². The summed E-state index contributed by atoms with van der Waals surface area (Å²) in [7, 11) is 5.18. The fourth-order valence-electron chi connectivity index (χ4n) is 15.5. The van der Waals surface area contributed by atoms with Crippen LogP contribution in [0.15, 0.2) is 400 Å². The quantitative estimate of drug-likeness (QED) is 0.105. The number of thiophene rings is 3. The molecule has 1 fully saturated rings. The van der Waals surface area contributed by atoms with Gasteiger partial charge in [0, 0.05) is 107 Å². The summed E-state index contributed by atoms with van der Waals surface area (Å²) in [5.41, 5.74) is 15.5. The zero-order chi connectivity index (χ0) is 88.7. The Morgan fingerprint density at radius 1 is 0.242 bits per heavy atom. The van der Waals surface area contributed by atoms with Gasteiger partial charge in [-0.05, 0) is 97.4 Å². The maximum absolute atomic E-state index is 6.95. The zero-order valence-corrected chi connectivity index (χ0v) is 76.7.